The van der Waals surface area contributed by atoms with Crippen LogP contribution < -0.4 is 28.8 Å². The lowest BCUT2D eigenvalue weighted by Crippen LogP contribution is -2.32. The van der Waals surface area contributed by atoms with Crippen molar-refractivity contribution in [1.29, 1.82) is 5.26 Å². The zero-order chi connectivity index (χ0) is 45.8. The summed E-state index contributed by atoms with van der Waals surface area (Å²) in [5, 5.41) is 12.3. The number of nitriles is 1. The van der Waals surface area contributed by atoms with Crippen LogP contribution in [0, 0.1) is 17.1 Å². The number of rotatable bonds is 27. The smallest absolute Gasteiger partial charge is 0.407 e. The zero-order valence-corrected chi connectivity index (χ0v) is 37.7. The molecule has 1 atom stereocenters. The van der Waals surface area contributed by atoms with E-state index in [0.717, 1.165) is 52.8 Å². The molecule has 0 radical (unpaired) electrons. The van der Waals surface area contributed by atoms with Crippen molar-refractivity contribution >= 4 is 51.5 Å². The van der Waals surface area contributed by atoms with Gasteiger partial charge in [0.15, 0.2) is 0 Å². The quantitative estimate of drug-likeness (QED) is 0.0117. The van der Waals surface area contributed by atoms with Crippen LogP contribution in [0.25, 0.3) is 10.1 Å². The maximum absolute atomic E-state index is 13.9. The van der Waals surface area contributed by atoms with Crippen LogP contribution in [-0.2, 0) is 42.3 Å². The number of sulfonamides is 1. The van der Waals surface area contributed by atoms with Gasteiger partial charge in [-0.2, -0.15) is 14.9 Å². The van der Waals surface area contributed by atoms with E-state index in [1.807, 2.05) is 36.4 Å². The van der Waals surface area contributed by atoms with E-state index in [4.69, 9.17) is 38.5 Å². The van der Waals surface area contributed by atoms with Gasteiger partial charge in [0.1, 0.15) is 58.6 Å². The Morgan fingerprint density at radius 1 is 0.891 bits per heavy atom. The average molecular weight is 942 g/mol. The summed E-state index contributed by atoms with van der Waals surface area (Å²) in [5.74, 6) is 0.704. The van der Waals surface area contributed by atoms with Gasteiger partial charge in [0.25, 0.3) is 10.0 Å². The Bertz CT molecular complexity index is 2500. The van der Waals surface area contributed by atoms with Crippen molar-refractivity contribution in [3.05, 3.63) is 114 Å². The molecule has 3 N–H and O–H groups in total. The molecule has 0 aliphatic rings. The predicted molar refractivity (Wildman–Crippen MR) is 238 cm³/mol. The highest BCUT2D eigenvalue weighted by molar-refractivity contribution is 7.92. The number of benzene rings is 4. The van der Waals surface area contributed by atoms with Gasteiger partial charge in [-0.1, -0.05) is 24.3 Å². The fourth-order valence-corrected chi connectivity index (χ4v) is 9.77. The highest BCUT2D eigenvalue weighted by Gasteiger charge is 2.27. The molecule has 0 saturated carbocycles. The number of aliphatic imine (C=N–C) groups is 1. The number of hydrogen-bond acceptors (Lipinski definition) is 15. The number of hydrogen-bond donors (Lipinski definition) is 3. The highest BCUT2D eigenvalue weighted by atomic mass is 32.2. The van der Waals surface area contributed by atoms with E-state index < -0.39 is 35.8 Å². The van der Waals surface area contributed by atoms with Gasteiger partial charge in [-0.3, -0.25) is 4.99 Å². The number of carbonyl (C=O) groups is 1. The molecule has 342 valence electrons. The molecule has 17 nitrogen and oxygen atoms in total. The number of ether oxygens (including phenoxy) is 4. The minimum Gasteiger partial charge on any atom is -0.497 e. The van der Waals surface area contributed by atoms with Crippen LogP contribution in [0.4, 0.5) is 9.18 Å². The molecule has 0 bridgehead atoms. The van der Waals surface area contributed by atoms with Gasteiger partial charge < -0.3 is 43.5 Å². The molecule has 1 unspecified atom stereocenters. The lowest BCUT2D eigenvalue weighted by atomic mass is 10.2. The Morgan fingerprint density at radius 2 is 1.55 bits per heavy atom. The van der Waals surface area contributed by atoms with Crippen molar-refractivity contribution in [3.8, 4) is 29.1 Å². The number of halogens is 1. The third-order valence-corrected chi connectivity index (χ3v) is 13.4. The third kappa shape index (κ3) is 16.4. The van der Waals surface area contributed by atoms with Crippen LogP contribution in [0.1, 0.15) is 36.0 Å². The normalized spacial score (nSPS) is 12.4. The van der Waals surface area contributed by atoms with E-state index in [0.29, 0.717) is 73.8 Å². The first-order chi connectivity index (χ1) is 30.9. The first-order valence-electron chi connectivity index (χ1n) is 19.9. The van der Waals surface area contributed by atoms with E-state index in [1.165, 1.54) is 12.5 Å². The second-order valence-electron chi connectivity index (χ2n) is 13.9. The monoisotopic (exact) mass is 941 g/mol. The number of carbonyl (C=O) groups excluding carboxylic acids is 1. The molecule has 4 aromatic carbocycles. The number of thiophene rings is 1. The molecule has 1 aromatic heterocycles. The molecular weight excluding hydrogens is 893 g/mol. The van der Waals surface area contributed by atoms with Crippen LogP contribution in [0.3, 0.4) is 0 Å². The van der Waals surface area contributed by atoms with Crippen molar-refractivity contribution in [3.63, 3.8) is 0 Å². The first-order valence-corrected chi connectivity index (χ1v) is 23.9. The van der Waals surface area contributed by atoms with Gasteiger partial charge in [-0.15, -0.1) is 11.3 Å². The van der Waals surface area contributed by atoms with E-state index in [9.17, 15) is 27.1 Å². The van der Waals surface area contributed by atoms with Gasteiger partial charge >= 0.3 is 13.7 Å². The van der Waals surface area contributed by atoms with E-state index in [-0.39, 0.29) is 28.7 Å². The standard InChI is InChI=1S/C43H49FN5O12PS2/c1-55-36-11-6-32(7-12-36)28-58-43(50)47-19-4-21-49(20-3-18-46-30-60-59-29-33-8-13-37(56-2)14-9-33)22-5-23-57-38-16-17-41-35(24-38)25-42(63-41)64(53,54)48-31-62(51,52)61-39-15-10-34(27-45)40(44)26-39/h6-17,24-26,30,48H,3-5,18-23,28-29,31H2,1-2H3,(H,47,50)(H,51,52)/b46-30-. The minimum atomic E-state index is -4.59. The number of alkyl carbamates (subject to hydrolysis) is 1. The molecule has 0 saturated heterocycles. The minimum absolute atomic E-state index is 0.100. The molecule has 0 spiro atoms. The second-order valence-corrected chi connectivity index (χ2v) is 18.7. The highest BCUT2D eigenvalue weighted by Crippen LogP contribution is 2.42. The van der Waals surface area contributed by atoms with Crippen molar-refractivity contribution in [2.45, 2.75) is 36.7 Å². The lowest BCUT2D eigenvalue weighted by molar-refractivity contribution is -0.227. The van der Waals surface area contributed by atoms with E-state index >= 15 is 0 Å². The molecular formula is C43H49FN5O12PS2. The number of nitrogens with zero attached hydrogens (tertiary/aromatic N) is 3. The van der Waals surface area contributed by atoms with E-state index in [2.05, 4.69) is 19.9 Å². The Labute approximate surface area is 374 Å². The molecule has 21 heteroatoms. The van der Waals surface area contributed by atoms with Crippen LogP contribution in [0.15, 0.2) is 100 Å². The molecule has 64 heavy (non-hydrogen) atoms. The van der Waals surface area contributed by atoms with E-state index in [1.54, 1.807) is 50.6 Å². The van der Waals surface area contributed by atoms with Gasteiger partial charge in [-0.05, 0) is 110 Å². The first kappa shape index (κ1) is 49.2. The van der Waals surface area contributed by atoms with Crippen molar-refractivity contribution in [2.24, 2.45) is 4.99 Å². The Morgan fingerprint density at radius 3 is 2.23 bits per heavy atom. The maximum atomic E-state index is 13.9. The molecule has 0 aliphatic carbocycles. The Kier molecular flexibility index (Phi) is 19.2. The summed E-state index contributed by atoms with van der Waals surface area (Å²) in [6.45, 7) is 3.72. The molecule has 5 rings (SSSR count). The largest absolute Gasteiger partial charge is 0.497 e. The SMILES string of the molecule is COc1ccc(COO/C=N\CCCN(CCCNC(=O)OCc2ccc(OC)cc2)CCCOc2ccc3sc(S(=O)(=O)NCP(=O)(O)Oc4ccc(C#N)c(F)c4)cc3c2)cc1. The van der Waals surface area contributed by atoms with Crippen LogP contribution in [-0.4, -0.2) is 90.5 Å². The number of methoxy groups -OCH3 is 2. The zero-order valence-electron chi connectivity index (χ0n) is 35.1. The van der Waals surface area contributed by atoms with Gasteiger partial charge in [0.05, 0.1) is 26.4 Å². The Hall–Kier alpha value is -5.78. The Balaban J connectivity index is 1.07. The van der Waals surface area contributed by atoms with Gasteiger partial charge in [-0.25, -0.2) is 22.2 Å². The van der Waals surface area contributed by atoms with Gasteiger partial charge in [0, 0.05) is 30.4 Å². The van der Waals surface area contributed by atoms with Crippen molar-refractivity contribution in [2.75, 3.05) is 59.8 Å². The number of amides is 1. The summed E-state index contributed by atoms with van der Waals surface area (Å²) in [4.78, 5) is 39.4. The third-order valence-electron chi connectivity index (χ3n) is 9.16. The molecule has 0 aliphatic heterocycles. The fraction of sp³-hybridized carbons (Fsp3) is 0.326. The summed E-state index contributed by atoms with van der Waals surface area (Å²) in [6, 6.07) is 25.9. The van der Waals surface area contributed by atoms with Crippen LogP contribution >= 0.6 is 18.9 Å². The van der Waals surface area contributed by atoms with Crippen LogP contribution in [0.5, 0.6) is 23.0 Å². The lowest BCUT2D eigenvalue weighted by Gasteiger charge is -2.22. The molecule has 1 amide bonds. The van der Waals surface area contributed by atoms with Crippen molar-refractivity contribution < 1.29 is 60.3 Å². The predicted octanol–water partition coefficient (Wildman–Crippen LogP) is 7.38. The van der Waals surface area contributed by atoms with Crippen LogP contribution in [0.2, 0.25) is 0 Å². The topological polar surface area (TPSA) is 217 Å². The molecule has 5 aromatic rings. The number of fused-ring (bicyclic) bond motifs is 1. The summed E-state index contributed by atoms with van der Waals surface area (Å²) in [7, 11) is -5.64. The molecule has 1 heterocycles. The fourth-order valence-electron chi connectivity index (χ4n) is 5.85. The summed E-state index contributed by atoms with van der Waals surface area (Å²) in [6.07, 6.45) is 1.84. The van der Waals surface area contributed by atoms with Crippen molar-refractivity contribution in [1.82, 2.24) is 14.9 Å². The second kappa shape index (κ2) is 24.9. The molecule has 0 fully saturated rings. The summed E-state index contributed by atoms with van der Waals surface area (Å²) >= 11 is 0.963. The summed E-state index contributed by atoms with van der Waals surface area (Å²) < 4.78 is 81.9. The summed E-state index contributed by atoms with van der Waals surface area (Å²) in [5.41, 5.74) is 1.47. The maximum Gasteiger partial charge on any atom is 0.407 e. The number of nitrogens with one attached hydrogen (secondary N) is 2. The van der Waals surface area contributed by atoms with Gasteiger partial charge in [0.2, 0.25) is 6.40 Å². The average Bonchev–Trinajstić information content (AvgIpc) is 3.74.